The summed E-state index contributed by atoms with van der Waals surface area (Å²) in [6.45, 7) is 3.63. The van der Waals surface area contributed by atoms with Crippen LogP contribution in [-0.2, 0) is 33.2 Å². The number of unbranched alkanes of at least 4 members (excludes halogenated alkanes) is 20. The fourth-order valence-corrected chi connectivity index (χ4v) is 7.67. The molecule has 2 saturated heterocycles. The van der Waals surface area contributed by atoms with Crippen LogP contribution in [0.2, 0.25) is 0 Å². The number of esters is 1. The minimum Gasteiger partial charge on any atom is -0.457 e. The largest absolute Gasteiger partial charge is 0.457 e. The summed E-state index contributed by atoms with van der Waals surface area (Å²) < 4.78 is 34.2. The van der Waals surface area contributed by atoms with Gasteiger partial charge in [-0.05, 0) is 44.9 Å². The molecule has 0 aliphatic carbocycles. The standard InChI is InChI=1S/C48H88O14/c1-3-5-7-9-11-13-15-16-17-18-19-20-21-22-24-26-28-30-32-57-34-37(60-40(50)31-29-27-25-23-14-12-10-8-6-4-2)35-58-47-46(56)44(54)42(52)39(62-47)36-59-48-45(55)43(53)41(51)38(33-49)61-48/h11,13,16-17,37-39,41-49,51-56H,3-10,12,14-15,18-36H2,1-2H3/b13-11-,17-16-. The van der Waals surface area contributed by atoms with E-state index in [1.807, 2.05) is 0 Å². The van der Waals surface area contributed by atoms with E-state index in [1.54, 1.807) is 0 Å². The van der Waals surface area contributed by atoms with Gasteiger partial charge in [0, 0.05) is 13.0 Å². The van der Waals surface area contributed by atoms with Crippen LogP contribution in [-0.4, -0.2) is 142 Å². The molecule has 0 aromatic rings. The van der Waals surface area contributed by atoms with E-state index >= 15 is 0 Å². The summed E-state index contributed by atoms with van der Waals surface area (Å²) in [5.74, 6) is -0.380. The molecule has 11 atom stereocenters. The molecule has 2 rings (SSSR count). The Kier molecular flexibility index (Phi) is 33.5. The van der Waals surface area contributed by atoms with Crippen LogP contribution in [0.5, 0.6) is 0 Å². The molecule has 2 aliphatic heterocycles. The lowest BCUT2D eigenvalue weighted by molar-refractivity contribution is -0.332. The molecule has 62 heavy (non-hydrogen) atoms. The maximum atomic E-state index is 12.9. The summed E-state index contributed by atoms with van der Waals surface area (Å²) in [5, 5.41) is 71.9. The molecular weight excluding hydrogens is 801 g/mol. The molecule has 2 aliphatic rings. The Morgan fingerprint density at radius 3 is 1.58 bits per heavy atom. The lowest BCUT2D eigenvalue weighted by Crippen LogP contribution is -2.61. The molecule has 0 aromatic carbocycles. The van der Waals surface area contributed by atoms with Crippen molar-refractivity contribution in [3.8, 4) is 0 Å². The summed E-state index contributed by atoms with van der Waals surface area (Å²) in [4.78, 5) is 12.9. The van der Waals surface area contributed by atoms with E-state index in [2.05, 4.69) is 38.2 Å². The van der Waals surface area contributed by atoms with Crippen LogP contribution >= 0.6 is 0 Å². The first kappa shape index (κ1) is 56.6. The Morgan fingerprint density at radius 1 is 0.532 bits per heavy atom. The Bertz CT molecular complexity index is 1120. The zero-order chi connectivity index (χ0) is 45.2. The van der Waals surface area contributed by atoms with Gasteiger partial charge in [0.05, 0.1) is 26.4 Å². The average Bonchev–Trinajstić information content (AvgIpc) is 3.27. The molecule has 0 amide bonds. The van der Waals surface area contributed by atoms with Crippen LogP contribution in [0.1, 0.15) is 174 Å². The second-order valence-corrected chi connectivity index (χ2v) is 17.3. The van der Waals surface area contributed by atoms with Gasteiger partial charge in [0.1, 0.15) is 54.9 Å². The van der Waals surface area contributed by atoms with Crippen molar-refractivity contribution in [1.29, 1.82) is 0 Å². The average molecular weight is 889 g/mol. The predicted molar refractivity (Wildman–Crippen MR) is 238 cm³/mol. The van der Waals surface area contributed by atoms with Crippen molar-refractivity contribution < 1.29 is 69.0 Å². The van der Waals surface area contributed by atoms with Crippen LogP contribution < -0.4 is 0 Å². The van der Waals surface area contributed by atoms with Crippen molar-refractivity contribution in [1.82, 2.24) is 0 Å². The number of carbonyl (C=O) groups excluding carboxylic acids is 1. The van der Waals surface area contributed by atoms with Gasteiger partial charge in [0.15, 0.2) is 12.6 Å². The van der Waals surface area contributed by atoms with Crippen molar-refractivity contribution in [3.05, 3.63) is 24.3 Å². The van der Waals surface area contributed by atoms with Crippen molar-refractivity contribution >= 4 is 5.97 Å². The molecule has 14 nitrogen and oxygen atoms in total. The SMILES string of the molecule is CCCCC/C=C\C/C=C\CCCCCCCCCCOCC(COC1OC(COC2OC(CO)C(O)C(O)C2O)C(O)C(O)C1O)OC(=O)CCCCCCCCCCCC. The highest BCUT2D eigenvalue weighted by atomic mass is 16.7. The zero-order valence-corrected chi connectivity index (χ0v) is 38.4. The van der Waals surface area contributed by atoms with Crippen molar-refractivity contribution in [3.63, 3.8) is 0 Å². The van der Waals surface area contributed by atoms with E-state index in [0.717, 1.165) is 51.4 Å². The monoisotopic (exact) mass is 889 g/mol. The second kappa shape index (κ2) is 36.7. The van der Waals surface area contributed by atoms with E-state index < -0.39 is 80.7 Å². The molecule has 7 N–H and O–H groups in total. The summed E-state index contributed by atoms with van der Waals surface area (Å²) in [5.41, 5.74) is 0. The minimum atomic E-state index is -1.70. The smallest absolute Gasteiger partial charge is 0.306 e. The van der Waals surface area contributed by atoms with Crippen LogP contribution in [0, 0.1) is 0 Å². The van der Waals surface area contributed by atoms with Gasteiger partial charge in [-0.25, -0.2) is 0 Å². The summed E-state index contributed by atoms with van der Waals surface area (Å²) >= 11 is 0. The van der Waals surface area contributed by atoms with Crippen LogP contribution in [0.4, 0.5) is 0 Å². The van der Waals surface area contributed by atoms with E-state index in [9.17, 15) is 40.5 Å². The highest BCUT2D eigenvalue weighted by Crippen LogP contribution is 2.26. The fourth-order valence-electron chi connectivity index (χ4n) is 7.67. The first-order chi connectivity index (χ1) is 30.1. The minimum absolute atomic E-state index is 0.0606. The molecule has 0 radical (unpaired) electrons. The van der Waals surface area contributed by atoms with Gasteiger partial charge in [-0.2, -0.15) is 0 Å². The molecule has 0 aromatic heterocycles. The molecular formula is C48H88O14. The first-order valence-corrected chi connectivity index (χ1v) is 24.4. The van der Waals surface area contributed by atoms with Crippen LogP contribution in [0.15, 0.2) is 24.3 Å². The number of hydrogen-bond donors (Lipinski definition) is 7. The third-order valence-electron chi connectivity index (χ3n) is 11.7. The third-order valence-corrected chi connectivity index (χ3v) is 11.7. The third kappa shape index (κ3) is 24.7. The van der Waals surface area contributed by atoms with Gasteiger partial charge in [-0.3, -0.25) is 4.79 Å². The predicted octanol–water partition coefficient (Wildman–Crippen LogP) is 6.46. The molecule has 0 spiro atoms. The number of allylic oxidation sites excluding steroid dienone is 4. The topological polar surface area (TPSA) is 214 Å². The van der Waals surface area contributed by atoms with Crippen LogP contribution in [0.3, 0.4) is 0 Å². The lowest BCUT2D eigenvalue weighted by Gasteiger charge is -2.42. The van der Waals surface area contributed by atoms with Crippen molar-refractivity contribution in [2.75, 3.05) is 33.0 Å². The molecule has 11 unspecified atom stereocenters. The normalized spacial score (nSPS) is 27.4. The maximum absolute atomic E-state index is 12.9. The number of rotatable bonds is 38. The van der Waals surface area contributed by atoms with Crippen molar-refractivity contribution in [2.45, 2.75) is 242 Å². The van der Waals surface area contributed by atoms with Gasteiger partial charge in [0.2, 0.25) is 0 Å². The molecule has 364 valence electrons. The van der Waals surface area contributed by atoms with Gasteiger partial charge < -0.3 is 64.2 Å². The summed E-state index contributed by atoms with van der Waals surface area (Å²) in [6.07, 6.45) is 21.0. The van der Waals surface area contributed by atoms with Gasteiger partial charge in [-0.1, -0.05) is 147 Å². The number of carbonyl (C=O) groups is 1. The maximum Gasteiger partial charge on any atom is 0.306 e. The van der Waals surface area contributed by atoms with Gasteiger partial charge >= 0.3 is 5.97 Å². The summed E-state index contributed by atoms with van der Waals surface area (Å²) in [7, 11) is 0. The molecule has 2 fully saturated rings. The van der Waals surface area contributed by atoms with E-state index in [-0.39, 0.29) is 25.6 Å². The highest BCUT2D eigenvalue weighted by molar-refractivity contribution is 5.69. The second-order valence-electron chi connectivity index (χ2n) is 17.3. The Hall–Kier alpha value is -1.53. The highest BCUT2D eigenvalue weighted by Gasteiger charge is 2.47. The molecule has 14 heteroatoms. The Labute approximate surface area is 373 Å². The number of aliphatic hydroxyl groups is 7. The zero-order valence-electron chi connectivity index (χ0n) is 38.4. The van der Waals surface area contributed by atoms with Gasteiger partial charge in [-0.15, -0.1) is 0 Å². The fraction of sp³-hybridized carbons (Fsp3) is 0.896. The first-order valence-electron chi connectivity index (χ1n) is 24.4. The quantitative estimate of drug-likeness (QED) is 0.0202. The van der Waals surface area contributed by atoms with E-state index in [1.165, 1.54) is 96.3 Å². The van der Waals surface area contributed by atoms with E-state index in [0.29, 0.717) is 13.0 Å². The van der Waals surface area contributed by atoms with Crippen LogP contribution in [0.25, 0.3) is 0 Å². The van der Waals surface area contributed by atoms with Crippen molar-refractivity contribution in [2.24, 2.45) is 0 Å². The Morgan fingerprint density at radius 2 is 1.00 bits per heavy atom. The summed E-state index contributed by atoms with van der Waals surface area (Å²) in [6, 6.07) is 0. The number of hydrogen-bond acceptors (Lipinski definition) is 14. The number of ether oxygens (including phenoxy) is 6. The number of aliphatic hydroxyl groups excluding tert-OH is 7. The molecule has 0 bridgehead atoms. The molecule has 0 saturated carbocycles. The molecule has 2 heterocycles. The Balaban J connectivity index is 1.77. The van der Waals surface area contributed by atoms with E-state index in [4.69, 9.17) is 28.4 Å². The lowest BCUT2D eigenvalue weighted by atomic mass is 9.98. The van der Waals surface area contributed by atoms with Gasteiger partial charge in [0.25, 0.3) is 0 Å².